The van der Waals surface area contributed by atoms with E-state index < -0.39 is 10.8 Å². The highest BCUT2D eigenvalue weighted by Gasteiger charge is 2.35. The van der Waals surface area contributed by atoms with E-state index in [1.807, 2.05) is 75.9 Å². The summed E-state index contributed by atoms with van der Waals surface area (Å²) in [6.45, 7) is 19.4. The minimum Gasteiger partial charge on any atom is -0.383 e. The van der Waals surface area contributed by atoms with Gasteiger partial charge in [0.1, 0.15) is 23.7 Å². The van der Waals surface area contributed by atoms with E-state index in [1.165, 1.54) is 17.8 Å². The summed E-state index contributed by atoms with van der Waals surface area (Å²) < 4.78 is 16.4. The van der Waals surface area contributed by atoms with E-state index in [9.17, 15) is 14.0 Å². The molecule has 0 amide bonds. The van der Waals surface area contributed by atoms with Crippen LogP contribution in [0.3, 0.4) is 0 Å². The first kappa shape index (κ1) is 32.7. The fourth-order valence-electron chi connectivity index (χ4n) is 4.98. The van der Waals surface area contributed by atoms with Crippen LogP contribution in [0.1, 0.15) is 76.0 Å². The highest BCUT2D eigenvalue weighted by molar-refractivity contribution is 8.05. The maximum atomic E-state index is 14.4. The van der Waals surface area contributed by atoms with Crippen LogP contribution in [0.4, 0.5) is 10.2 Å². The number of ketones is 1. The Hall–Kier alpha value is -3.78. The molecule has 6 nitrogen and oxygen atoms in total. The molecule has 42 heavy (non-hydrogen) atoms. The van der Waals surface area contributed by atoms with Gasteiger partial charge in [-0.1, -0.05) is 56.4 Å². The van der Waals surface area contributed by atoms with Crippen molar-refractivity contribution < 1.29 is 14.0 Å². The predicted molar refractivity (Wildman–Crippen MR) is 173 cm³/mol. The van der Waals surface area contributed by atoms with Gasteiger partial charge in [0.2, 0.25) is 0 Å². The van der Waals surface area contributed by atoms with E-state index in [0.29, 0.717) is 40.5 Å². The molecule has 0 radical (unpaired) electrons. The van der Waals surface area contributed by atoms with E-state index in [2.05, 4.69) is 11.6 Å². The van der Waals surface area contributed by atoms with Crippen LogP contribution in [-0.2, 0) is 21.5 Å². The molecule has 2 heterocycles. The number of thioether (sulfide) groups is 1. The van der Waals surface area contributed by atoms with Gasteiger partial charge in [-0.3, -0.25) is 4.79 Å². The van der Waals surface area contributed by atoms with Crippen LogP contribution in [0.25, 0.3) is 17.5 Å². The maximum Gasteiger partial charge on any atom is 0.163 e. The predicted octanol–water partition coefficient (Wildman–Crippen LogP) is 7.98. The van der Waals surface area contributed by atoms with Crippen molar-refractivity contribution in [1.29, 1.82) is 0 Å². The van der Waals surface area contributed by atoms with E-state index in [0.717, 1.165) is 28.7 Å². The second-order valence-electron chi connectivity index (χ2n) is 11.6. The zero-order valence-corrected chi connectivity index (χ0v) is 26.7. The number of aryl methyl sites for hydroxylation is 1. The smallest absolute Gasteiger partial charge is 0.163 e. The van der Waals surface area contributed by atoms with Gasteiger partial charge in [-0.05, 0) is 64.3 Å². The van der Waals surface area contributed by atoms with Crippen molar-refractivity contribution in [2.75, 3.05) is 5.73 Å². The SMILES string of the molecule is C=C(S/C=C(\C)CC(C)(C)C(C)=O)[C@](C)(C=O)c1c(C)nc(-c2cn(Cc3ccccc3F)c(C)c2/C=C\C)nc1N. The highest BCUT2D eigenvalue weighted by atomic mass is 32.2. The topological polar surface area (TPSA) is 90.9 Å². The van der Waals surface area contributed by atoms with Crippen molar-refractivity contribution in [1.82, 2.24) is 14.5 Å². The van der Waals surface area contributed by atoms with Crippen LogP contribution in [0, 0.1) is 25.1 Å². The zero-order chi connectivity index (χ0) is 31.4. The Morgan fingerprint density at radius 2 is 1.83 bits per heavy atom. The summed E-state index contributed by atoms with van der Waals surface area (Å²) in [5.41, 5.74) is 10.2. The Morgan fingerprint density at radius 3 is 2.40 bits per heavy atom. The molecule has 0 saturated carbocycles. The third-order valence-electron chi connectivity index (χ3n) is 7.80. The number of carbonyl (C=O) groups is 2. The summed E-state index contributed by atoms with van der Waals surface area (Å²) >= 11 is 1.34. The number of nitrogens with zero attached hydrogens (tertiary/aromatic N) is 3. The summed E-state index contributed by atoms with van der Waals surface area (Å²) in [6.07, 6.45) is 7.24. The number of carbonyl (C=O) groups excluding carboxylic acids is 2. The average Bonchev–Trinajstić information content (AvgIpc) is 3.22. The van der Waals surface area contributed by atoms with Gasteiger partial charge in [-0.2, -0.15) is 0 Å². The minimum absolute atomic E-state index is 0.118. The molecule has 0 bridgehead atoms. The van der Waals surface area contributed by atoms with Gasteiger partial charge in [-0.15, -0.1) is 11.8 Å². The number of allylic oxidation sites excluding steroid dienone is 3. The first-order chi connectivity index (χ1) is 19.7. The molecular weight excluding hydrogens is 547 g/mol. The average molecular weight is 589 g/mol. The molecule has 0 spiro atoms. The molecule has 0 fully saturated rings. The van der Waals surface area contributed by atoms with Crippen LogP contribution in [0.2, 0.25) is 0 Å². The number of hydrogen-bond donors (Lipinski definition) is 1. The molecule has 3 rings (SSSR count). The van der Waals surface area contributed by atoms with Crippen molar-refractivity contribution in [3.63, 3.8) is 0 Å². The number of anilines is 1. The molecule has 8 heteroatoms. The van der Waals surface area contributed by atoms with E-state index in [-0.39, 0.29) is 17.4 Å². The van der Waals surface area contributed by atoms with Crippen molar-refractivity contribution in [3.05, 3.63) is 92.9 Å². The van der Waals surface area contributed by atoms with Crippen molar-refractivity contribution in [3.8, 4) is 11.4 Å². The summed E-state index contributed by atoms with van der Waals surface area (Å²) in [4.78, 5) is 34.6. The quantitative estimate of drug-likeness (QED) is 0.216. The third kappa shape index (κ3) is 6.81. The Kier molecular flexibility index (Phi) is 10.2. The molecule has 0 aliphatic heterocycles. The molecule has 2 aromatic heterocycles. The van der Waals surface area contributed by atoms with Crippen molar-refractivity contribution in [2.24, 2.45) is 5.41 Å². The van der Waals surface area contributed by atoms with Crippen molar-refractivity contribution in [2.45, 2.75) is 73.8 Å². The van der Waals surface area contributed by atoms with Gasteiger partial charge in [0, 0.05) is 45.3 Å². The normalized spacial score (nSPS) is 13.8. The van der Waals surface area contributed by atoms with Crippen LogP contribution >= 0.6 is 11.8 Å². The number of nitrogen functional groups attached to an aromatic ring is 1. The number of rotatable bonds is 12. The number of nitrogens with two attached hydrogens (primary N) is 1. The summed E-state index contributed by atoms with van der Waals surface area (Å²) in [6, 6.07) is 6.71. The summed E-state index contributed by atoms with van der Waals surface area (Å²) in [7, 11) is 0. The van der Waals surface area contributed by atoms with Gasteiger partial charge < -0.3 is 15.1 Å². The summed E-state index contributed by atoms with van der Waals surface area (Å²) in [5.74, 6) is 0.469. The molecule has 0 aliphatic carbocycles. The lowest BCUT2D eigenvalue weighted by Gasteiger charge is -2.28. The highest BCUT2D eigenvalue weighted by Crippen LogP contribution is 2.42. The van der Waals surface area contributed by atoms with Crippen LogP contribution < -0.4 is 5.73 Å². The Morgan fingerprint density at radius 1 is 1.17 bits per heavy atom. The molecule has 1 aromatic carbocycles. The first-order valence-corrected chi connectivity index (χ1v) is 14.7. The zero-order valence-electron chi connectivity index (χ0n) is 25.8. The Bertz CT molecular complexity index is 1560. The van der Waals surface area contributed by atoms with Crippen LogP contribution in [0.5, 0.6) is 0 Å². The number of aldehydes is 1. The maximum absolute atomic E-state index is 14.4. The van der Waals surface area contributed by atoms with Gasteiger partial charge >= 0.3 is 0 Å². The number of halogens is 1. The van der Waals surface area contributed by atoms with Crippen molar-refractivity contribution >= 4 is 35.7 Å². The first-order valence-electron chi connectivity index (χ1n) is 13.9. The molecule has 0 aliphatic rings. The van der Waals surface area contributed by atoms with Gasteiger partial charge in [0.05, 0.1) is 12.0 Å². The lowest BCUT2D eigenvalue weighted by molar-refractivity contribution is -0.124. The van der Waals surface area contributed by atoms with Gasteiger partial charge in [-0.25, -0.2) is 14.4 Å². The number of Topliss-reactive ketones (excluding diaryl/α,β-unsaturated/α-hetero) is 1. The molecule has 3 aromatic rings. The number of aromatic nitrogens is 3. The molecule has 222 valence electrons. The summed E-state index contributed by atoms with van der Waals surface area (Å²) in [5, 5.41) is 1.93. The fraction of sp³-hybridized carbons (Fsp3) is 0.353. The number of hydrogen-bond acceptors (Lipinski definition) is 6. The second-order valence-corrected chi connectivity index (χ2v) is 12.6. The molecule has 1 atom stereocenters. The fourth-order valence-corrected chi connectivity index (χ4v) is 5.80. The van der Waals surface area contributed by atoms with Gasteiger partial charge in [0.25, 0.3) is 0 Å². The molecule has 0 saturated heterocycles. The largest absolute Gasteiger partial charge is 0.383 e. The van der Waals surface area contributed by atoms with Gasteiger partial charge in [0.15, 0.2) is 5.82 Å². The molecule has 2 N–H and O–H groups in total. The lowest BCUT2D eigenvalue weighted by atomic mass is 9.83. The molecule has 0 unspecified atom stereocenters. The lowest BCUT2D eigenvalue weighted by Crippen LogP contribution is -2.28. The Labute approximate surface area is 253 Å². The second kappa shape index (κ2) is 13.0. The third-order valence-corrected chi connectivity index (χ3v) is 9.03. The molecular formula is C34H41FN4O2S. The standard InChI is InChI=1S/C34H41FN4O2S/c1-10-13-27-23(4)39(17-26-14-11-12-15-29(26)35)18-28(27)32-37-22(3)30(31(36)38-32)34(9,20-40)25(6)42-19-21(2)16-33(7,8)24(5)41/h10-15,18-20H,6,16-17H2,1-5,7-9H3,(H2,36,37,38)/b13-10-,21-19+/t34-/m0/s1. The monoisotopic (exact) mass is 588 g/mol. The van der Waals surface area contributed by atoms with Crippen LogP contribution in [-0.4, -0.2) is 26.6 Å². The van der Waals surface area contributed by atoms with E-state index in [1.54, 1.807) is 26.0 Å². The van der Waals surface area contributed by atoms with E-state index in [4.69, 9.17) is 10.7 Å². The Balaban J connectivity index is 2.01. The van der Waals surface area contributed by atoms with E-state index >= 15 is 0 Å². The minimum atomic E-state index is -1.15. The van der Waals surface area contributed by atoms with Crippen LogP contribution in [0.15, 0.2) is 59.0 Å². The number of benzene rings is 1.